The van der Waals surface area contributed by atoms with Crippen LogP contribution in [0.4, 0.5) is 0 Å². The predicted molar refractivity (Wildman–Crippen MR) is 169 cm³/mol. The van der Waals surface area contributed by atoms with Crippen LogP contribution in [0.25, 0.3) is 0 Å². The van der Waals surface area contributed by atoms with Gasteiger partial charge in [0.15, 0.2) is 29.3 Å². The maximum Gasteiger partial charge on any atom is 0.308 e. The van der Waals surface area contributed by atoms with Gasteiger partial charge in [0.2, 0.25) is 12.7 Å². The first-order valence-electron chi connectivity index (χ1n) is 15.7. The molecule has 0 spiro atoms. The minimum Gasteiger partial charge on any atom is -0.504 e. The monoisotopic (exact) mass is 666 g/mol. The van der Waals surface area contributed by atoms with E-state index in [1.807, 2.05) is 19.9 Å². The summed E-state index contributed by atoms with van der Waals surface area (Å²) in [6.07, 6.45) is -0.816. The van der Waals surface area contributed by atoms with E-state index in [-0.39, 0.29) is 43.8 Å². The second-order valence-electron chi connectivity index (χ2n) is 12.7. The number of aromatic hydroxyl groups is 1. The molecule has 2 fully saturated rings. The van der Waals surface area contributed by atoms with Gasteiger partial charge in [-0.25, -0.2) is 0 Å². The van der Waals surface area contributed by atoms with Crippen LogP contribution in [-0.2, 0) is 20.7 Å². The molecule has 4 bridgehead atoms. The van der Waals surface area contributed by atoms with Gasteiger partial charge in [-0.15, -0.1) is 11.8 Å². The van der Waals surface area contributed by atoms with Crippen LogP contribution in [0.15, 0.2) is 6.07 Å². The van der Waals surface area contributed by atoms with Gasteiger partial charge in [0.1, 0.15) is 11.3 Å². The molecule has 0 aromatic heterocycles. The van der Waals surface area contributed by atoms with Crippen molar-refractivity contribution < 1.29 is 43.5 Å². The summed E-state index contributed by atoms with van der Waals surface area (Å²) in [5.74, 6) is 1.12. The van der Waals surface area contributed by atoms with Crippen molar-refractivity contribution in [3.8, 4) is 34.8 Å². The highest BCUT2D eigenvalue weighted by atomic mass is 32.2. The topological polar surface area (TPSA) is 172 Å². The first-order valence-corrected chi connectivity index (χ1v) is 16.8. The fourth-order valence-electron chi connectivity index (χ4n) is 8.13. The number of nitriles is 1. The molecule has 2 aromatic rings. The molecule has 9 rings (SSSR count). The van der Waals surface area contributed by atoms with Crippen molar-refractivity contribution in [2.45, 2.75) is 81.8 Å². The number of benzene rings is 2. The maximum atomic E-state index is 12.6. The molecule has 13 nitrogen and oxygen atoms in total. The van der Waals surface area contributed by atoms with E-state index in [9.17, 15) is 25.1 Å². The lowest BCUT2D eigenvalue weighted by Gasteiger charge is -2.58. The zero-order valence-corrected chi connectivity index (χ0v) is 27.7. The van der Waals surface area contributed by atoms with Gasteiger partial charge in [0.05, 0.1) is 43.2 Å². The van der Waals surface area contributed by atoms with E-state index in [1.54, 1.807) is 6.92 Å². The summed E-state index contributed by atoms with van der Waals surface area (Å²) < 4.78 is 29.9. The standard InChI is InChI=1S/C33H38N4O9S/c1-6-20(39)36-18-10-47-31-23-22(30-29(44-13-45-30)15(3)28(23)46-16(4)38)19(9-43-32(18)41)37-25(31)24-21-17(8-33(37,11-34)12-35-24)7-14(2)27(42-5)26(21)40/h7,18-19,24-25,31-32,35,40-41H,6,8-10,12-13H2,1-5H3,(H,36,39)/t18?,19-,24?,25?,31+,32?,33-/m0/s1. The van der Waals surface area contributed by atoms with E-state index >= 15 is 0 Å². The average molecular weight is 667 g/mol. The van der Waals surface area contributed by atoms with E-state index < -0.39 is 47.2 Å². The lowest BCUT2D eigenvalue weighted by atomic mass is 9.76. The number of aryl methyl sites for hydroxylation is 1. The fourth-order valence-corrected chi connectivity index (χ4v) is 9.68. The van der Waals surface area contributed by atoms with E-state index in [0.717, 1.165) is 11.1 Å². The third-order valence-corrected chi connectivity index (χ3v) is 11.4. The van der Waals surface area contributed by atoms with Crippen molar-refractivity contribution in [1.29, 1.82) is 5.26 Å². The van der Waals surface area contributed by atoms with Crippen molar-refractivity contribution in [3.63, 3.8) is 0 Å². The number of ether oxygens (including phenoxy) is 5. The van der Waals surface area contributed by atoms with Gasteiger partial charge in [-0.2, -0.15) is 5.26 Å². The highest BCUT2D eigenvalue weighted by molar-refractivity contribution is 7.99. The van der Waals surface area contributed by atoms with Gasteiger partial charge >= 0.3 is 5.97 Å². The number of phenolic OH excluding ortho intramolecular Hbond substituents is 1. The Morgan fingerprint density at radius 3 is 2.70 bits per heavy atom. The molecule has 0 radical (unpaired) electrons. The first-order chi connectivity index (χ1) is 22.5. The third-order valence-electron chi connectivity index (χ3n) is 10.0. The Kier molecular flexibility index (Phi) is 7.96. The number of hydrogen-bond acceptors (Lipinski definition) is 13. The summed E-state index contributed by atoms with van der Waals surface area (Å²) in [5.41, 5.74) is 3.05. The molecule has 14 heteroatoms. The normalized spacial score (nSPS) is 31.5. The molecule has 2 saturated heterocycles. The molecule has 8 atom stereocenters. The molecule has 7 aliphatic heterocycles. The van der Waals surface area contributed by atoms with Gasteiger partial charge in [-0.05, 0) is 25.0 Å². The summed E-state index contributed by atoms with van der Waals surface area (Å²) in [6, 6.07) is 2.18. The summed E-state index contributed by atoms with van der Waals surface area (Å²) in [4.78, 5) is 27.3. The summed E-state index contributed by atoms with van der Waals surface area (Å²) >= 11 is 1.45. The quantitative estimate of drug-likeness (QED) is 0.278. The molecule has 4 N–H and O–H groups in total. The number of carbonyl (C=O) groups is 2. The lowest BCUT2D eigenvalue weighted by molar-refractivity contribution is -0.150. The SMILES string of the molecule is CCC(=O)NC1CS[C@@H]2c3c(OC(C)=O)c(C)c4c(c3[C@H](COC1O)N1C2C2NC[C@@]1(C#N)Cc1cc(C)c(OC)c(O)c12)OCO4. The fraction of sp³-hybridized carbons (Fsp3) is 0.545. The molecule has 1 amide bonds. The zero-order valence-electron chi connectivity index (χ0n) is 26.8. The van der Waals surface area contributed by atoms with Crippen LogP contribution in [0, 0.1) is 25.2 Å². The van der Waals surface area contributed by atoms with Crippen molar-refractivity contribution in [2.24, 2.45) is 0 Å². The van der Waals surface area contributed by atoms with Gasteiger partial charge in [0.25, 0.3) is 0 Å². The lowest BCUT2D eigenvalue weighted by Crippen LogP contribution is -2.69. The second-order valence-corrected chi connectivity index (χ2v) is 13.9. The molecular weight excluding hydrogens is 628 g/mol. The van der Waals surface area contributed by atoms with E-state index in [1.165, 1.54) is 25.8 Å². The third kappa shape index (κ3) is 4.74. The Bertz CT molecular complexity index is 1710. The molecule has 0 saturated carbocycles. The van der Waals surface area contributed by atoms with Crippen molar-refractivity contribution in [2.75, 3.05) is 32.8 Å². The number of carbonyl (C=O) groups excluding carboxylic acids is 2. The predicted octanol–water partition coefficient (Wildman–Crippen LogP) is 2.58. The smallest absolute Gasteiger partial charge is 0.308 e. The number of esters is 1. The Morgan fingerprint density at radius 2 is 2.00 bits per heavy atom. The second kappa shape index (κ2) is 11.7. The van der Waals surface area contributed by atoms with Crippen LogP contribution < -0.4 is 29.6 Å². The number of fused-ring (bicyclic) bond motifs is 7. The number of aliphatic hydroxyl groups is 1. The number of phenols is 1. The molecule has 5 unspecified atom stereocenters. The molecule has 7 aliphatic rings. The highest BCUT2D eigenvalue weighted by Crippen LogP contribution is 2.64. The molecule has 2 aromatic carbocycles. The van der Waals surface area contributed by atoms with Gasteiger partial charge in [0, 0.05) is 60.4 Å². The van der Waals surface area contributed by atoms with Gasteiger partial charge < -0.3 is 44.5 Å². The highest BCUT2D eigenvalue weighted by Gasteiger charge is 2.62. The zero-order chi connectivity index (χ0) is 33.4. The van der Waals surface area contributed by atoms with Crippen molar-refractivity contribution in [1.82, 2.24) is 15.5 Å². The summed E-state index contributed by atoms with van der Waals surface area (Å²) in [6.45, 7) is 6.91. The minimum atomic E-state index is -1.34. The van der Waals surface area contributed by atoms with E-state index in [4.69, 9.17) is 23.7 Å². The van der Waals surface area contributed by atoms with E-state index in [2.05, 4.69) is 21.6 Å². The molecule has 250 valence electrons. The largest absolute Gasteiger partial charge is 0.504 e. The molecule has 7 heterocycles. The van der Waals surface area contributed by atoms with Crippen LogP contribution >= 0.6 is 11.8 Å². The number of amides is 1. The Hall–Kier alpha value is -3.74. The number of nitrogens with one attached hydrogen (secondary N) is 2. The van der Waals surface area contributed by atoms with Crippen LogP contribution in [0.2, 0.25) is 0 Å². The number of hydrogen-bond donors (Lipinski definition) is 4. The number of aliphatic hydroxyl groups excluding tert-OH is 1. The molecule has 0 aliphatic carbocycles. The Labute approximate surface area is 276 Å². The van der Waals surface area contributed by atoms with Crippen molar-refractivity contribution >= 4 is 23.6 Å². The van der Waals surface area contributed by atoms with Crippen molar-refractivity contribution in [3.05, 3.63) is 39.4 Å². The number of methoxy groups -OCH3 is 1. The number of thioether (sulfide) groups is 1. The van der Waals surface area contributed by atoms with Crippen LogP contribution in [0.3, 0.4) is 0 Å². The minimum absolute atomic E-state index is 0.00983. The van der Waals surface area contributed by atoms with Crippen LogP contribution in [-0.4, -0.2) is 83.7 Å². The van der Waals surface area contributed by atoms with E-state index in [0.29, 0.717) is 51.7 Å². The maximum absolute atomic E-state index is 12.6. The Balaban J connectivity index is 1.53. The van der Waals surface area contributed by atoms with Gasteiger partial charge in [-0.1, -0.05) is 13.0 Å². The molecular formula is C33H38N4O9S. The summed E-state index contributed by atoms with van der Waals surface area (Å²) in [5, 5.41) is 40.1. The van der Waals surface area contributed by atoms with Crippen LogP contribution in [0.1, 0.15) is 71.0 Å². The van der Waals surface area contributed by atoms with Gasteiger partial charge in [-0.3, -0.25) is 14.5 Å². The Morgan fingerprint density at radius 1 is 1.23 bits per heavy atom. The van der Waals surface area contributed by atoms with Crippen LogP contribution in [0.5, 0.6) is 28.7 Å². The first kappa shape index (κ1) is 31.8. The average Bonchev–Trinajstić information content (AvgIpc) is 3.43. The summed E-state index contributed by atoms with van der Waals surface area (Å²) in [7, 11) is 1.51. The number of nitrogens with zero attached hydrogens (tertiary/aromatic N) is 2. The number of piperazine rings is 1. The molecule has 47 heavy (non-hydrogen) atoms. The number of rotatable bonds is 4.